The van der Waals surface area contributed by atoms with Gasteiger partial charge in [-0.3, -0.25) is 4.79 Å². The van der Waals surface area contributed by atoms with Crippen LogP contribution in [-0.2, 0) is 20.8 Å². The number of nitrogens with one attached hydrogen (secondary N) is 1. The first-order valence-electron chi connectivity index (χ1n) is 12.8. The maximum atomic E-state index is 13.9. The van der Waals surface area contributed by atoms with Crippen molar-refractivity contribution in [3.63, 3.8) is 0 Å². The Balaban J connectivity index is 1.32. The van der Waals surface area contributed by atoms with Gasteiger partial charge in [0.2, 0.25) is 5.91 Å². The number of morpholine rings is 1. The Morgan fingerprint density at radius 1 is 1.15 bits per heavy atom. The normalized spacial score (nSPS) is 26.8. The maximum absolute atomic E-state index is 13.9. The van der Waals surface area contributed by atoms with Gasteiger partial charge in [-0.15, -0.1) is 0 Å². The lowest BCUT2D eigenvalue weighted by molar-refractivity contribution is -0.124. The molecule has 4 aliphatic rings. The van der Waals surface area contributed by atoms with Crippen molar-refractivity contribution in [3.05, 3.63) is 42.1 Å². The van der Waals surface area contributed by atoms with E-state index in [1.54, 1.807) is 13.3 Å². The number of aromatic nitrogens is 1. The number of ether oxygens (including phenoxy) is 2. The van der Waals surface area contributed by atoms with Gasteiger partial charge >= 0.3 is 0 Å². The minimum atomic E-state index is 0.0313. The Kier molecular flexibility index (Phi) is 5.91. The quantitative estimate of drug-likeness (QED) is 0.722. The minimum absolute atomic E-state index is 0.0313. The monoisotopic (exact) mass is 462 g/mol. The molecular formula is C27H34N4O3. The number of hydrogen-bond acceptors (Lipinski definition) is 6. The summed E-state index contributed by atoms with van der Waals surface area (Å²) in [5.41, 5.74) is 4.09. The van der Waals surface area contributed by atoms with Gasteiger partial charge in [0, 0.05) is 43.6 Å². The fourth-order valence-electron chi connectivity index (χ4n) is 5.73. The Morgan fingerprint density at radius 2 is 2.00 bits per heavy atom. The van der Waals surface area contributed by atoms with E-state index >= 15 is 0 Å². The van der Waals surface area contributed by atoms with Crippen LogP contribution in [0, 0.1) is 11.8 Å². The van der Waals surface area contributed by atoms with Crippen LogP contribution in [-0.4, -0.2) is 49.9 Å². The fourth-order valence-corrected chi connectivity index (χ4v) is 5.73. The van der Waals surface area contributed by atoms with Gasteiger partial charge < -0.3 is 24.6 Å². The van der Waals surface area contributed by atoms with Crippen LogP contribution in [0.4, 0.5) is 22.9 Å². The van der Waals surface area contributed by atoms with Crippen molar-refractivity contribution in [1.82, 2.24) is 4.98 Å². The second-order valence-corrected chi connectivity index (χ2v) is 10.2. The third kappa shape index (κ3) is 4.27. The van der Waals surface area contributed by atoms with Crippen LogP contribution in [0.15, 0.2) is 36.5 Å². The highest BCUT2D eigenvalue weighted by Gasteiger charge is 2.36. The molecule has 2 aromatic rings. The van der Waals surface area contributed by atoms with E-state index < -0.39 is 0 Å². The van der Waals surface area contributed by atoms with E-state index in [2.05, 4.69) is 39.5 Å². The zero-order chi connectivity index (χ0) is 23.1. The number of fused-ring (bicyclic) bond motifs is 2. The molecular weight excluding hydrogens is 428 g/mol. The zero-order valence-electron chi connectivity index (χ0n) is 19.9. The van der Waals surface area contributed by atoms with Gasteiger partial charge in [0.1, 0.15) is 5.82 Å². The predicted octanol–water partition coefficient (Wildman–Crippen LogP) is 4.49. The molecule has 0 spiro atoms. The summed E-state index contributed by atoms with van der Waals surface area (Å²) in [5.74, 6) is 1.79. The Morgan fingerprint density at radius 3 is 2.79 bits per heavy atom. The summed E-state index contributed by atoms with van der Waals surface area (Å²) in [6.07, 6.45) is 8.62. The molecule has 1 saturated heterocycles. The van der Waals surface area contributed by atoms with E-state index in [1.807, 2.05) is 11.0 Å². The molecule has 180 valence electrons. The van der Waals surface area contributed by atoms with E-state index in [1.165, 1.54) is 12.8 Å². The van der Waals surface area contributed by atoms with E-state index in [4.69, 9.17) is 9.47 Å². The van der Waals surface area contributed by atoms with Crippen LogP contribution < -0.4 is 15.1 Å². The number of carbonyl (C=O) groups is 1. The average molecular weight is 463 g/mol. The van der Waals surface area contributed by atoms with E-state index in [-0.39, 0.29) is 17.9 Å². The largest absolute Gasteiger partial charge is 0.381 e. The molecule has 34 heavy (non-hydrogen) atoms. The molecule has 6 rings (SSSR count). The van der Waals surface area contributed by atoms with Crippen molar-refractivity contribution in [2.75, 3.05) is 41.9 Å². The second kappa shape index (κ2) is 9.19. The van der Waals surface area contributed by atoms with Crippen LogP contribution in [0.3, 0.4) is 0 Å². The molecule has 1 amide bonds. The summed E-state index contributed by atoms with van der Waals surface area (Å²) in [5, 5.41) is 3.51. The van der Waals surface area contributed by atoms with Crippen molar-refractivity contribution in [3.8, 4) is 0 Å². The number of amides is 1. The van der Waals surface area contributed by atoms with E-state index in [9.17, 15) is 4.79 Å². The highest BCUT2D eigenvalue weighted by molar-refractivity contribution is 6.00. The first-order valence-corrected chi connectivity index (χ1v) is 12.8. The Hall–Kier alpha value is -2.64. The summed E-state index contributed by atoms with van der Waals surface area (Å²) >= 11 is 0. The molecule has 2 saturated carbocycles. The summed E-state index contributed by atoms with van der Waals surface area (Å²) < 4.78 is 11.6. The summed E-state index contributed by atoms with van der Waals surface area (Å²) in [6, 6.07) is 10.5. The number of nitrogens with zero attached hydrogens (tertiary/aromatic N) is 3. The van der Waals surface area contributed by atoms with Gasteiger partial charge in [-0.1, -0.05) is 6.07 Å². The van der Waals surface area contributed by atoms with Crippen molar-refractivity contribution in [2.45, 2.75) is 57.3 Å². The van der Waals surface area contributed by atoms with Crippen LogP contribution in [0.1, 0.15) is 44.1 Å². The first-order chi connectivity index (χ1) is 16.7. The molecule has 1 atom stereocenters. The van der Waals surface area contributed by atoms with Crippen LogP contribution in [0.5, 0.6) is 0 Å². The summed E-state index contributed by atoms with van der Waals surface area (Å²) in [6.45, 7) is 3.10. The zero-order valence-corrected chi connectivity index (χ0v) is 19.9. The molecule has 2 aliphatic heterocycles. The van der Waals surface area contributed by atoms with Gasteiger partial charge in [-0.05, 0) is 68.7 Å². The second-order valence-electron chi connectivity index (χ2n) is 10.2. The lowest BCUT2D eigenvalue weighted by Gasteiger charge is -2.36. The standard InChI is InChI=1S/C27H34N4O3/c1-33-22-9-6-19(7-10-22)27(32)31-16-20-3-2-12-28-26(20)29-23-11-8-21(15-24(23)31)30-13-14-34-25(17-30)18-4-5-18/h2-3,8,11-12,15,18-19,22,25H,4-7,9-10,13-14,16-17H2,1H3,(H,28,29). The number of anilines is 4. The van der Waals surface area contributed by atoms with Crippen LogP contribution >= 0.6 is 0 Å². The van der Waals surface area contributed by atoms with Gasteiger partial charge in [-0.25, -0.2) is 4.98 Å². The van der Waals surface area contributed by atoms with Crippen LogP contribution in [0.2, 0.25) is 0 Å². The maximum Gasteiger partial charge on any atom is 0.230 e. The third-order valence-electron chi connectivity index (χ3n) is 7.97. The minimum Gasteiger partial charge on any atom is -0.381 e. The molecule has 1 aromatic heterocycles. The number of methoxy groups -OCH3 is 1. The highest BCUT2D eigenvalue weighted by atomic mass is 16.5. The Labute approximate surface area is 201 Å². The molecule has 1 unspecified atom stereocenters. The number of benzene rings is 1. The summed E-state index contributed by atoms with van der Waals surface area (Å²) in [4.78, 5) is 22.9. The predicted molar refractivity (Wildman–Crippen MR) is 133 cm³/mol. The number of carbonyl (C=O) groups excluding carboxylic acids is 1. The van der Waals surface area contributed by atoms with Gasteiger partial charge in [-0.2, -0.15) is 0 Å². The summed E-state index contributed by atoms with van der Waals surface area (Å²) in [7, 11) is 1.77. The fraction of sp³-hybridized carbons (Fsp3) is 0.556. The molecule has 2 aliphatic carbocycles. The molecule has 3 fully saturated rings. The van der Waals surface area contributed by atoms with E-state index in [0.717, 1.165) is 73.8 Å². The first kappa shape index (κ1) is 21.9. The highest BCUT2D eigenvalue weighted by Crippen LogP contribution is 2.41. The number of rotatable bonds is 4. The molecule has 1 aromatic carbocycles. The van der Waals surface area contributed by atoms with Crippen LogP contribution in [0.25, 0.3) is 0 Å². The van der Waals surface area contributed by atoms with Crippen molar-refractivity contribution in [2.24, 2.45) is 11.8 Å². The van der Waals surface area contributed by atoms with Gasteiger partial charge in [0.15, 0.2) is 0 Å². The molecule has 3 heterocycles. The van der Waals surface area contributed by atoms with Gasteiger partial charge in [0.05, 0.1) is 36.7 Å². The van der Waals surface area contributed by atoms with Crippen molar-refractivity contribution >= 4 is 28.8 Å². The lowest BCUT2D eigenvalue weighted by atomic mass is 9.86. The molecule has 1 N–H and O–H groups in total. The number of pyridine rings is 1. The molecule has 0 radical (unpaired) electrons. The van der Waals surface area contributed by atoms with Gasteiger partial charge in [0.25, 0.3) is 0 Å². The van der Waals surface area contributed by atoms with E-state index in [0.29, 0.717) is 18.6 Å². The Bertz CT molecular complexity index is 1050. The molecule has 0 bridgehead atoms. The molecule has 7 heteroatoms. The SMILES string of the molecule is COC1CCC(C(=O)N2Cc3cccnc3Nc3ccc(N4CCOC(C5CC5)C4)cc32)CC1. The topological polar surface area (TPSA) is 66.9 Å². The average Bonchev–Trinajstić information content (AvgIpc) is 3.75. The smallest absolute Gasteiger partial charge is 0.230 e. The van der Waals surface area contributed by atoms with Crippen molar-refractivity contribution in [1.29, 1.82) is 0 Å². The third-order valence-corrected chi connectivity index (χ3v) is 7.97. The molecule has 7 nitrogen and oxygen atoms in total. The lowest BCUT2D eigenvalue weighted by Crippen LogP contribution is -2.43. The number of hydrogen-bond donors (Lipinski definition) is 1. The van der Waals surface area contributed by atoms with Crippen molar-refractivity contribution < 1.29 is 14.3 Å².